The fourth-order valence-electron chi connectivity index (χ4n) is 2.42. The first kappa shape index (κ1) is 14.9. The number of hydrogen-bond donors (Lipinski definition) is 2. The van der Waals surface area contributed by atoms with Crippen molar-refractivity contribution < 1.29 is 13.2 Å². The van der Waals surface area contributed by atoms with Gasteiger partial charge < -0.3 is 10.5 Å². The van der Waals surface area contributed by atoms with Crippen LogP contribution in [0, 0.1) is 6.92 Å². The molecule has 0 aliphatic heterocycles. The monoisotopic (exact) mass is 304 g/mol. The molecule has 1 heterocycles. The molecule has 2 atom stereocenters. The van der Waals surface area contributed by atoms with Gasteiger partial charge in [0.05, 0.1) is 6.10 Å². The highest BCUT2D eigenvalue weighted by Gasteiger charge is 2.32. The Labute approximate surface area is 118 Å². The molecule has 1 aliphatic carbocycles. The van der Waals surface area contributed by atoms with Crippen LogP contribution in [0.5, 0.6) is 0 Å². The van der Waals surface area contributed by atoms with Crippen LogP contribution in [0.1, 0.15) is 29.7 Å². The van der Waals surface area contributed by atoms with Gasteiger partial charge in [-0.2, -0.15) is 0 Å². The average molecular weight is 304 g/mol. The summed E-state index contributed by atoms with van der Waals surface area (Å²) in [6.07, 6.45) is 2.70. The summed E-state index contributed by atoms with van der Waals surface area (Å²) in [4.78, 5) is 0.912. The van der Waals surface area contributed by atoms with Gasteiger partial charge in [0.2, 0.25) is 10.0 Å². The first-order valence-corrected chi connectivity index (χ1v) is 8.62. The molecule has 0 amide bonds. The Morgan fingerprint density at radius 1 is 1.53 bits per heavy atom. The molecule has 2 unspecified atom stereocenters. The van der Waals surface area contributed by atoms with E-state index in [0.717, 1.165) is 29.7 Å². The zero-order valence-corrected chi connectivity index (χ0v) is 12.8. The predicted octanol–water partition coefficient (Wildman–Crippen LogP) is 1.36. The first-order chi connectivity index (χ1) is 8.97. The smallest absolute Gasteiger partial charge is 0.250 e. The van der Waals surface area contributed by atoms with Gasteiger partial charge in [0, 0.05) is 24.6 Å². The van der Waals surface area contributed by atoms with Crippen LogP contribution < -0.4 is 10.5 Å². The Balaban J connectivity index is 2.17. The molecule has 108 valence electrons. The number of hydrogen-bond acceptors (Lipinski definition) is 5. The molecular formula is C12H20N2O3S2. The van der Waals surface area contributed by atoms with E-state index in [1.54, 1.807) is 13.2 Å². The summed E-state index contributed by atoms with van der Waals surface area (Å²) in [5, 5.41) is 0. The summed E-state index contributed by atoms with van der Waals surface area (Å²) in [5.41, 5.74) is 6.52. The quantitative estimate of drug-likeness (QED) is 0.860. The van der Waals surface area contributed by atoms with Crippen molar-refractivity contribution in [1.82, 2.24) is 4.72 Å². The topological polar surface area (TPSA) is 81.4 Å². The first-order valence-electron chi connectivity index (χ1n) is 6.32. The van der Waals surface area contributed by atoms with Crippen molar-refractivity contribution >= 4 is 21.4 Å². The van der Waals surface area contributed by atoms with Crippen LogP contribution in [0.25, 0.3) is 0 Å². The minimum atomic E-state index is -3.47. The predicted molar refractivity (Wildman–Crippen MR) is 75.7 cm³/mol. The summed E-state index contributed by atoms with van der Waals surface area (Å²) in [6, 6.07) is 1.56. The summed E-state index contributed by atoms with van der Waals surface area (Å²) >= 11 is 1.24. The van der Waals surface area contributed by atoms with Crippen molar-refractivity contribution in [2.75, 3.05) is 7.11 Å². The Kier molecular flexibility index (Phi) is 4.62. The summed E-state index contributed by atoms with van der Waals surface area (Å²) < 4.78 is 33.1. The fourth-order valence-corrected chi connectivity index (χ4v) is 5.21. The molecule has 1 aliphatic rings. The van der Waals surface area contributed by atoms with Gasteiger partial charge in [-0.1, -0.05) is 0 Å². The highest BCUT2D eigenvalue weighted by atomic mass is 32.2. The lowest BCUT2D eigenvalue weighted by Gasteiger charge is -2.18. The van der Waals surface area contributed by atoms with Gasteiger partial charge in [0.25, 0.3) is 0 Å². The van der Waals surface area contributed by atoms with E-state index in [-0.39, 0.29) is 12.1 Å². The van der Waals surface area contributed by atoms with E-state index in [1.165, 1.54) is 11.3 Å². The SMILES string of the molecule is COC1CCCC1NS(=O)(=O)c1cc(C)c(CN)s1. The van der Waals surface area contributed by atoms with Crippen LogP contribution >= 0.6 is 11.3 Å². The van der Waals surface area contributed by atoms with Crippen LogP contribution in [-0.2, 0) is 21.3 Å². The molecule has 0 spiro atoms. The second-order valence-electron chi connectivity index (χ2n) is 4.81. The van der Waals surface area contributed by atoms with E-state index in [4.69, 9.17) is 10.5 Å². The van der Waals surface area contributed by atoms with Crippen molar-refractivity contribution in [3.05, 3.63) is 16.5 Å². The lowest BCUT2D eigenvalue weighted by atomic mass is 10.2. The number of rotatable bonds is 5. The van der Waals surface area contributed by atoms with Gasteiger partial charge in [0.15, 0.2) is 0 Å². The lowest BCUT2D eigenvalue weighted by molar-refractivity contribution is 0.0916. The van der Waals surface area contributed by atoms with Crippen molar-refractivity contribution in [2.45, 2.75) is 49.1 Å². The summed E-state index contributed by atoms with van der Waals surface area (Å²) in [6.45, 7) is 2.25. The molecule has 3 N–H and O–H groups in total. The molecule has 19 heavy (non-hydrogen) atoms. The molecule has 0 radical (unpaired) electrons. The van der Waals surface area contributed by atoms with Crippen LogP contribution in [0.3, 0.4) is 0 Å². The zero-order valence-electron chi connectivity index (χ0n) is 11.2. The molecule has 0 bridgehead atoms. The Morgan fingerprint density at radius 3 is 2.84 bits per heavy atom. The highest BCUT2D eigenvalue weighted by molar-refractivity contribution is 7.91. The van der Waals surface area contributed by atoms with Gasteiger partial charge in [-0.15, -0.1) is 11.3 Å². The van der Waals surface area contributed by atoms with Crippen LogP contribution in [0.15, 0.2) is 10.3 Å². The lowest BCUT2D eigenvalue weighted by Crippen LogP contribution is -2.40. The molecule has 2 rings (SSSR count). The number of thiophene rings is 1. The van der Waals surface area contributed by atoms with Crippen molar-refractivity contribution in [3.63, 3.8) is 0 Å². The Hall–Kier alpha value is -0.470. The number of nitrogens with one attached hydrogen (secondary N) is 1. The number of ether oxygens (including phenoxy) is 1. The van der Waals surface area contributed by atoms with Gasteiger partial charge >= 0.3 is 0 Å². The van der Waals surface area contributed by atoms with Crippen molar-refractivity contribution in [1.29, 1.82) is 0 Å². The van der Waals surface area contributed by atoms with E-state index >= 15 is 0 Å². The molecule has 1 aromatic heterocycles. The van der Waals surface area contributed by atoms with Gasteiger partial charge in [0.1, 0.15) is 4.21 Å². The second kappa shape index (κ2) is 5.88. The molecule has 1 aromatic rings. The molecule has 5 nitrogen and oxygen atoms in total. The third-order valence-electron chi connectivity index (χ3n) is 3.51. The molecule has 1 saturated carbocycles. The average Bonchev–Trinajstić information content (AvgIpc) is 2.95. The molecule has 1 fully saturated rings. The maximum atomic E-state index is 12.3. The third kappa shape index (κ3) is 3.17. The van der Waals surface area contributed by atoms with Gasteiger partial charge in [-0.05, 0) is 37.8 Å². The zero-order chi connectivity index (χ0) is 14.0. The van der Waals surface area contributed by atoms with E-state index in [1.807, 2.05) is 6.92 Å². The van der Waals surface area contributed by atoms with Gasteiger partial charge in [-0.3, -0.25) is 0 Å². The van der Waals surface area contributed by atoms with E-state index < -0.39 is 10.0 Å². The van der Waals surface area contributed by atoms with E-state index in [0.29, 0.717) is 10.8 Å². The minimum Gasteiger partial charge on any atom is -0.380 e. The fraction of sp³-hybridized carbons (Fsp3) is 0.667. The molecule has 0 saturated heterocycles. The number of methoxy groups -OCH3 is 1. The number of sulfonamides is 1. The highest BCUT2D eigenvalue weighted by Crippen LogP contribution is 2.28. The summed E-state index contributed by atoms with van der Waals surface area (Å²) in [7, 11) is -1.84. The van der Waals surface area contributed by atoms with E-state index in [9.17, 15) is 8.42 Å². The Bertz CT molecular complexity index is 539. The maximum absolute atomic E-state index is 12.3. The van der Waals surface area contributed by atoms with Crippen LogP contribution in [0.2, 0.25) is 0 Å². The number of aryl methyl sites for hydroxylation is 1. The van der Waals surface area contributed by atoms with Crippen molar-refractivity contribution in [3.8, 4) is 0 Å². The summed E-state index contributed by atoms with van der Waals surface area (Å²) in [5.74, 6) is 0. The van der Waals surface area contributed by atoms with Gasteiger partial charge in [-0.25, -0.2) is 13.1 Å². The van der Waals surface area contributed by atoms with E-state index in [2.05, 4.69) is 4.72 Å². The third-order valence-corrected chi connectivity index (χ3v) is 6.73. The largest absolute Gasteiger partial charge is 0.380 e. The Morgan fingerprint density at radius 2 is 2.26 bits per heavy atom. The maximum Gasteiger partial charge on any atom is 0.250 e. The standard InChI is InChI=1S/C12H20N2O3S2/c1-8-6-12(18-11(8)7-13)19(15,16)14-9-4-3-5-10(9)17-2/h6,9-10,14H,3-5,7,13H2,1-2H3. The number of nitrogens with two attached hydrogens (primary N) is 1. The van der Waals surface area contributed by atoms with Crippen molar-refractivity contribution in [2.24, 2.45) is 5.73 Å². The minimum absolute atomic E-state index is 0.0233. The van der Waals surface area contributed by atoms with Crippen LogP contribution in [0.4, 0.5) is 0 Å². The second-order valence-corrected chi connectivity index (χ2v) is 7.89. The molecule has 7 heteroatoms. The van der Waals surface area contributed by atoms with Crippen LogP contribution in [-0.4, -0.2) is 27.7 Å². The molecule has 0 aromatic carbocycles. The normalized spacial score (nSPS) is 23.9. The molecular weight excluding hydrogens is 284 g/mol.